The van der Waals surface area contributed by atoms with E-state index in [-0.39, 0.29) is 0 Å². The van der Waals surface area contributed by atoms with Gasteiger partial charge in [0.15, 0.2) is 0 Å². The summed E-state index contributed by atoms with van der Waals surface area (Å²) in [6, 6.07) is 0. The Morgan fingerprint density at radius 3 is 1.20 bits per heavy atom. The van der Waals surface area contributed by atoms with Gasteiger partial charge in [0.1, 0.15) is 0 Å². The average molecular weight is 269 g/mol. The summed E-state index contributed by atoms with van der Waals surface area (Å²) in [5.74, 6) is 0. The molecule has 0 radical (unpaired) electrons. The lowest BCUT2D eigenvalue weighted by Crippen LogP contribution is -2.77. The molecule has 4 nitrogen and oxygen atoms in total. The van der Waals surface area contributed by atoms with Gasteiger partial charge >= 0.3 is 8.08 Å². The van der Waals surface area contributed by atoms with E-state index in [1.165, 1.54) is 0 Å². The van der Waals surface area contributed by atoms with Gasteiger partial charge in [-0.05, 0) is 26.2 Å². The first-order chi connectivity index (χ1) is 6.74. The maximum atomic E-state index is 5.83. The lowest BCUT2D eigenvalue weighted by Gasteiger charge is -2.45. The summed E-state index contributed by atoms with van der Waals surface area (Å²) in [6.07, 6.45) is 0. The molecule has 92 valence electrons. The van der Waals surface area contributed by atoms with Crippen molar-refractivity contribution >= 4 is 23.3 Å². The normalized spacial score (nSPS) is 17.6. The molecule has 0 fully saturated rings. The Labute approximate surface area is 96.0 Å². The van der Waals surface area contributed by atoms with Crippen LogP contribution < -0.4 is 0 Å². The molecule has 0 aliphatic rings. The molecule has 0 aromatic rings. The van der Waals surface area contributed by atoms with Crippen molar-refractivity contribution in [1.29, 1.82) is 0 Å². The van der Waals surface area contributed by atoms with Crippen LogP contribution in [-0.2, 0) is 17.7 Å². The van der Waals surface area contributed by atoms with Crippen molar-refractivity contribution < 1.29 is 17.7 Å². The molecule has 0 spiro atoms. The highest BCUT2D eigenvalue weighted by Crippen LogP contribution is 2.30. The van der Waals surface area contributed by atoms with Crippen LogP contribution in [0.5, 0.6) is 0 Å². The molecule has 0 aromatic carbocycles. The third-order valence-corrected chi connectivity index (χ3v) is 35.8. The topological polar surface area (TPSA) is 36.9 Å². The number of rotatable bonds is 6. The molecule has 1 unspecified atom stereocenters. The zero-order chi connectivity index (χ0) is 12.3. The fourth-order valence-electron chi connectivity index (χ4n) is 1.65. The van der Waals surface area contributed by atoms with Crippen molar-refractivity contribution in [1.82, 2.24) is 0 Å². The Bertz CT molecular complexity index is 208. The Balaban J connectivity index is 5.33. The van der Waals surface area contributed by atoms with E-state index in [0.29, 0.717) is 0 Å². The maximum absolute atomic E-state index is 5.83. The second-order valence-electron chi connectivity index (χ2n) is 4.31. The minimum Gasteiger partial charge on any atom is -0.420 e. The number of hydrogen-bond acceptors (Lipinski definition) is 4. The minimum atomic E-state index is -2.25. The average Bonchev–Trinajstić information content (AvgIpc) is 2.26. The van der Waals surface area contributed by atoms with E-state index in [4.69, 9.17) is 17.7 Å². The van der Waals surface area contributed by atoms with E-state index in [1.807, 2.05) is 0 Å². The number of hydrogen-bond donors (Lipinski definition) is 0. The summed E-state index contributed by atoms with van der Waals surface area (Å²) in [6.45, 7) is 8.58. The van der Waals surface area contributed by atoms with Crippen LogP contribution in [0.15, 0.2) is 0 Å². The van der Waals surface area contributed by atoms with Crippen molar-refractivity contribution in [3.8, 4) is 0 Å². The summed E-state index contributed by atoms with van der Waals surface area (Å²) < 4.78 is 22.8. The zero-order valence-corrected chi connectivity index (χ0v) is 14.1. The Kier molecular flexibility index (Phi) is 5.38. The fourth-order valence-corrected chi connectivity index (χ4v) is 26.9. The van der Waals surface area contributed by atoms with E-state index >= 15 is 0 Å². The maximum Gasteiger partial charge on any atom is 0.345 e. The van der Waals surface area contributed by atoms with Crippen molar-refractivity contribution in [3.63, 3.8) is 0 Å². The van der Waals surface area contributed by atoms with E-state index in [0.717, 1.165) is 0 Å². The lowest BCUT2D eigenvalue weighted by molar-refractivity contribution is 0.256. The second-order valence-corrected chi connectivity index (χ2v) is 26.5. The molecule has 0 bridgehead atoms. The molecule has 0 N–H and O–H groups in total. The highest BCUT2D eigenvalue weighted by molar-refractivity contribution is 7.63. The molecule has 0 aromatic heterocycles. The first kappa shape index (κ1) is 15.5. The van der Waals surface area contributed by atoms with Crippen LogP contribution in [0.3, 0.4) is 0 Å². The summed E-state index contributed by atoms with van der Waals surface area (Å²) >= 11 is 0. The van der Waals surface area contributed by atoms with Crippen LogP contribution in [0.4, 0.5) is 0 Å². The third kappa shape index (κ3) is 2.43. The highest BCUT2D eigenvalue weighted by Gasteiger charge is 2.64. The standard InChI is InChI=1S/C8H24O4Si3/c1-9-13(5,6)15(8,12-4)14(7,10-2)11-3/h1-8H3. The van der Waals surface area contributed by atoms with E-state index in [9.17, 15) is 0 Å². The fraction of sp³-hybridized carbons (Fsp3) is 1.00. The minimum absolute atomic E-state index is 1.71. The molecule has 15 heavy (non-hydrogen) atoms. The van der Waals surface area contributed by atoms with Gasteiger partial charge in [-0.2, -0.15) is 0 Å². The predicted octanol–water partition coefficient (Wildman–Crippen LogP) is 1.58. The molecule has 7 heteroatoms. The Morgan fingerprint density at radius 2 is 1.00 bits per heavy atom. The lowest BCUT2D eigenvalue weighted by atomic mass is 11.8. The molecular formula is C8H24O4Si3. The van der Waals surface area contributed by atoms with E-state index in [1.54, 1.807) is 28.4 Å². The predicted molar refractivity (Wildman–Crippen MR) is 68.8 cm³/mol. The van der Waals surface area contributed by atoms with Crippen LogP contribution in [0.2, 0.25) is 26.2 Å². The second kappa shape index (κ2) is 5.21. The SMILES string of the molecule is CO[Si](C)(C)[Si](C)(OC)[Si](C)(OC)OC. The monoisotopic (exact) mass is 268 g/mol. The highest BCUT2D eigenvalue weighted by atomic mass is 29.7. The quantitative estimate of drug-likeness (QED) is 0.686. The summed E-state index contributed by atoms with van der Waals surface area (Å²) in [5.41, 5.74) is 0. The van der Waals surface area contributed by atoms with Gasteiger partial charge in [0, 0.05) is 28.4 Å². The van der Waals surface area contributed by atoms with Gasteiger partial charge in [0.2, 0.25) is 7.83 Å². The van der Waals surface area contributed by atoms with Crippen molar-refractivity contribution in [2.24, 2.45) is 0 Å². The molecule has 0 saturated carbocycles. The van der Waals surface area contributed by atoms with Gasteiger partial charge in [-0.15, -0.1) is 0 Å². The van der Waals surface area contributed by atoms with E-state index < -0.39 is 23.3 Å². The smallest absolute Gasteiger partial charge is 0.345 e. The van der Waals surface area contributed by atoms with Crippen molar-refractivity contribution in [3.05, 3.63) is 0 Å². The van der Waals surface area contributed by atoms with Gasteiger partial charge < -0.3 is 17.7 Å². The van der Waals surface area contributed by atoms with Crippen LogP contribution in [0, 0.1) is 0 Å². The summed E-state index contributed by atoms with van der Waals surface area (Å²) in [4.78, 5) is 0. The third-order valence-electron chi connectivity index (χ3n) is 3.71. The van der Waals surface area contributed by atoms with Gasteiger partial charge in [-0.3, -0.25) is 0 Å². The van der Waals surface area contributed by atoms with Crippen LogP contribution in [0.1, 0.15) is 0 Å². The van der Waals surface area contributed by atoms with Gasteiger partial charge in [0.25, 0.3) is 7.35 Å². The van der Waals surface area contributed by atoms with Crippen molar-refractivity contribution in [2.45, 2.75) is 26.2 Å². The van der Waals surface area contributed by atoms with Crippen LogP contribution >= 0.6 is 0 Å². The first-order valence-corrected chi connectivity index (χ1v) is 14.6. The van der Waals surface area contributed by atoms with E-state index in [2.05, 4.69) is 26.2 Å². The van der Waals surface area contributed by atoms with Gasteiger partial charge in [-0.25, -0.2) is 0 Å². The molecule has 0 aliphatic carbocycles. The summed E-state index contributed by atoms with van der Waals surface area (Å²) in [5, 5.41) is 0. The zero-order valence-electron chi connectivity index (χ0n) is 11.1. The van der Waals surface area contributed by atoms with Crippen LogP contribution in [-0.4, -0.2) is 51.7 Å². The summed E-state index contributed by atoms with van der Waals surface area (Å²) in [7, 11) is 0.703. The molecule has 0 amide bonds. The van der Waals surface area contributed by atoms with Gasteiger partial charge in [-0.1, -0.05) is 0 Å². The van der Waals surface area contributed by atoms with Gasteiger partial charge in [0.05, 0.1) is 0 Å². The molecule has 0 saturated heterocycles. The van der Waals surface area contributed by atoms with Crippen LogP contribution in [0.25, 0.3) is 0 Å². The molecule has 0 heterocycles. The molecule has 0 rings (SSSR count). The van der Waals surface area contributed by atoms with Crippen molar-refractivity contribution in [2.75, 3.05) is 28.4 Å². The largest absolute Gasteiger partial charge is 0.420 e. The molecule has 1 atom stereocenters. The Morgan fingerprint density at radius 1 is 0.600 bits per heavy atom. The Hall–Kier alpha value is 0.491. The molecule has 0 aliphatic heterocycles. The molecular weight excluding hydrogens is 244 g/mol. The first-order valence-electron chi connectivity index (χ1n) is 4.95.